The molecule has 6 nitrogen and oxygen atoms in total. The van der Waals surface area contributed by atoms with E-state index in [0.29, 0.717) is 55.4 Å². The van der Waals surface area contributed by atoms with Crippen LogP contribution in [0.15, 0.2) is 47.4 Å². The van der Waals surface area contributed by atoms with Crippen molar-refractivity contribution < 1.29 is 13.2 Å². The van der Waals surface area contributed by atoms with Crippen LogP contribution in [-0.2, 0) is 10.0 Å². The summed E-state index contributed by atoms with van der Waals surface area (Å²) >= 11 is 6.09. The highest BCUT2D eigenvalue weighted by molar-refractivity contribution is 7.89. The Morgan fingerprint density at radius 2 is 1.63 bits per heavy atom. The van der Waals surface area contributed by atoms with Crippen molar-refractivity contribution in [2.75, 3.05) is 44.2 Å². The molecule has 2 aliphatic heterocycles. The van der Waals surface area contributed by atoms with Crippen molar-refractivity contribution in [3.05, 3.63) is 58.6 Å². The second-order valence-corrected chi connectivity index (χ2v) is 10.2. The Bertz CT molecular complexity index is 1040. The predicted octanol–water partition coefficient (Wildman–Crippen LogP) is 3.40. The Kier molecular flexibility index (Phi) is 6.04. The fourth-order valence-corrected chi connectivity index (χ4v) is 6.05. The number of piperazine rings is 1. The van der Waals surface area contributed by atoms with E-state index < -0.39 is 10.0 Å². The number of carbonyl (C=O) groups excluding carboxylic acids is 1. The van der Waals surface area contributed by atoms with Crippen LogP contribution in [0.4, 0.5) is 5.69 Å². The molecule has 2 saturated heterocycles. The van der Waals surface area contributed by atoms with Gasteiger partial charge < -0.3 is 9.80 Å². The van der Waals surface area contributed by atoms with Gasteiger partial charge in [-0.25, -0.2) is 8.42 Å². The van der Waals surface area contributed by atoms with Gasteiger partial charge in [-0.15, -0.1) is 0 Å². The average Bonchev–Trinajstić information content (AvgIpc) is 3.29. The zero-order valence-electron chi connectivity index (χ0n) is 17.1. The van der Waals surface area contributed by atoms with Crippen molar-refractivity contribution >= 4 is 33.2 Å². The number of hydrogen-bond acceptors (Lipinski definition) is 4. The summed E-state index contributed by atoms with van der Waals surface area (Å²) in [5.74, 6) is -0.126. The average molecular weight is 448 g/mol. The van der Waals surface area contributed by atoms with E-state index in [0.717, 1.165) is 18.5 Å². The number of sulfonamides is 1. The van der Waals surface area contributed by atoms with Gasteiger partial charge in [-0.05, 0) is 55.7 Å². The molecule has 0 saturated carbocycles. The Balaban J connectivity index is 1.49. The molecule has 0 N–H and O–H groups in total. The van der Waals surface area contributed by atoms with Gasteiger partial charge in [0.1, 0.15) is 0 Å². The number of hydrogen-bond donors (Lipinski definition) is 0. The fraction of sp³-hybridized carbons (Fsp3) is 0.409. The maximum absolute atomic E-state index is 13.1. The van der Waals surface area contributed by atoms with Crippen LogP contribution < -0.4 is 4.90 Å². The molecule has 0 aromatic heterocycles. The highest BCUT2D eigenvalue weighted by Crippen LogP contribution is 2.26. The van der Waals surface area contributed by atoms with Gasteiger partial charge >= 0.3 is 0 Å². The molecule has 30 heavy (non-hydrogen) atoms. The normalized spacial score (nSPS) is 18.1. The number of amides is 1. The van der Waals surface area contributed by atoms with E-state index in [2.05, 4.69) is 4.90 Å². The Labute approximate surface area is 183 Å². The number of rotatable bonds is 4. The Morgan fingerprint density at radius 1 is 0.933 bits per heavy atom. The van der Waals surface area contributed by atoms with E-state index in [-0.39, 0.29) is 10.8 Å². The number of halogens is 1. The van der Waals surface area contributed by atoms with E-state index in [1.54, 1.807) is 30.0 Å². The molecule has 0 aliphatic carbocycles. The molecule has 2 aromatic rings. The predicted molar refractivity (Wildman–Crippen MR) is 119 cm³/mol. The van der Waals surface area contributed by atoms with Gasteiger partial charge in [-0.1, -0.05) is 23.7 Å². The molecule has 0 atom stereocenters. The lowest BCUT2D eigenvalue weighted by molar-refractivity contribution is 0.0746. The van der Waals surface area contributed by atoms with Crippen LogP contribution in [0.1, 0.15) is 28.8 Å². The molecular formula is C22H26ClN3O3S. The van der Waals surface area contributed by atoms with Crippen molar-refractivity contribution in [3.63, 3.8) is 0 Å². The largest absolute Gasteiger partial charge is 0.368 e. The molecule has 2 aromatic carbocycles. The molecule has 8 heteroatoms. The first-order chi connectivity index (χ1) is 14.4. The highest BCUT2D eigenvalue weighted by Gasteiger charge is 2.30. The SMILES string of the molecule is Cc1ccc(C(=O)N2CCN(c3cccc(Cl)c3)CC2)cc1S(=O)(=O)N1CCCC1. The van der Waals surface area contributed by atoms with Gasteiger partial charge in [0.15, 0.2) is 0 Å². The summed E-state index contributed by atoms with van der Waals surface area (Å²) in [7, 11) is -3.56. The maximum Gasteiger partial charge on any atom is 0.254 e. The van der Waals surface area contributed by atoms with E-state index in [4.69, 9.17) is 11.6 Å². The minimum Gasteiger partial charge on any atom is -0.368 e. The van der Waals surface area contributed by atoms with Crippen molar-refractivity contribution in [2.24, 2.45) is 0 Å². The first-order valence-electron chi connectivity index (χ1n) is 10.3. The van der Waals surface area contributed by atoms with Crippen LogP contribution in [0.2, 0.25) is 5.02 Å². The molecule has 4 rings (SSSR count). The van der Waals surface area contributed by atoms with Crippen molar-refractivity contribution in [3.8, 4) is 0 Å². The minimum atomic E-state index is -3.56. The lowest BCUT2D eigenvalue weighted by atomic mass is 10.1. The smallest absolute Gasteiger partial charge is 0.254 e. The van der Waals surface area contributed by atoms with Crippen LogP contribution >= 0.6 is 11.6 Å². The van der Waals surface area contributed by atoms with Crippen molar-refractivity contribution in [2.45, 2.75) is 24.7 Å². The summed E-state index contributed by atoms with van der Waals surface area (Å²) in [5, 5.41) is 0.692. The molecular weight excluding hydrogens is 422 g/mol. The Morgan fingerprint density at radius 3 is 2.30 bits per heavy atom. The van der Waals surface area contributed by atoms with Gasteiger partial charge in [-0.3, -0.25) is 4.79 Å². The van der Waals surface area contributed by atoms with E-state index >= 15 is 0 Å². The molecule has 2 aliphatic rings. The lowest BCUT2D eigenvalue weighted by Crippen LogP contribution is -2.48. The quantitative estimate of drug-likeness (QED) is 0.720. The molecule has 2 heterocycles. The third-order valence-corrected chi connectivity index (χ3v) is 8.13. The second-order valence-electron chi connectivity index (χ2n) is 7.85. The number of aryl methyl sites for hydroxylation is 1. The number of benzene rings is 2. The summed E-state index contributed by atoms with van der Waals surface area (Å²) in [6.07, 6.45) is 1.77. The fourth-order valence-electron chi connectivity index (χ4n) is 4.10. The minimum absolute atomic E-state index is 0.126. The van der Waals surface area contributed by atoms with E-state index in [1.165, 1.54) is 4.31 Å². The summed E-state index contributed by atoms with van der Waals surface area (Å²) < 4.78 is 27.6. The van der Waals surface area contributed by atoms with Gasteiger partial charge in [0.2, 0.25) is 10.0 Å². The summed E-state index contributed by atoms with van der Waals surface area (Å²) in [6.45, 7) is 5.44. The van der Waals surface area contributed by atoms with Crippen molar-refractivity contribution in [1.82, 2.24) is 9.21 Å². The molecule has 0 bridgehead atoms. The molecule has 2 fully saturated rings. The lowest BCUT2D eigenvalue weighted by Gasteiger charge is -2.36. The van der Waals surface area contributed by atoms with Gasteiger partial charge in [0, 0.05) is 55.5 Å². The number of anilines is 1. The third kappa shape index (κ3) is 4.19. The zero-order valence-corrected chi connectivity index (χ0v) is 18.6. The van der Waals surface area contributed by atoms with E-state index in [1.807, 2.05) is 24.3 Å². The van der Waals surface area contributed by atoms with E-state index in [9.17, 15) is 13.2 Å². The van der Waals surface area contributed by atoms with Crippen LogP contribution in [0, 0.1) is 6.92 Å². The van der Waals surface area contributed by atoms with Crippen LogP contribution in [-0.4, -0.2) is 62.8 Å². The summed E-state index contributed by atoms with van der Waals surface area (Å²) in [6, 6.07) is 12.7. The summed E-state index contributed by atoms with van der Waals surface area (Å²) in [5.41, 5.74) is 2.14. The molecule has 0 unspecified atom stereocenters. The monoisotopic (exact) mass is 447 g/mol. The second kappa shape index (κ2) is 8.57. The zero-order chi connectivity index (χ0) is 21.3. The standard InChI is InChI=1S/C22H26ClN3O3S/c1-17-7-8-18(15-21(17)30(28,29)26-9-2-3-10-26)22(27)25-13-11-24(12-14-25)20-6-4-5-19(23)16-20/h4-8,15-16H,2-3,9-14H2,1H3. The molecule has 1 amide bonds. The molecule has 160 valence electrons. The van der Waals surface area contributed by atoms with Crippen LogP contribution in [0.25, 0.3) is 0 Å². The first kappa shape index (κ1) is 21.2. The van der Waals surface area contributed by atoms with Crippen LogP contribution in [0.5, 0.6) is 0 Å². The first-order valence-corrected chi connectivity index (χ1v) is 12.1. The van der Waals surface area contributed by atoms with Crippen LogP contribution in [0.3, 0.4) is 0 Å². The van der Waals surface area contributed by atoms with Gasteiger partial charge in [-0.2, -0.15) is 4.31 Å². The third-order valence-electron chi connectivity index (χ3n) is 5.86. The number of nitrogens with zero attached hydrogens (tertiary/aromatic N) is 3. The maximum atomic E-state index is 13.1. The van der Waals surface area contributed by atoms with Gasteiger partial charge in [0.25, 0.3) is 5.91 Å². The molecule has 0 radical (unpaired) electrons. The van der Waals surface area contributed by atoms with Crippen molar-refractivity contribution in [1.29, 1.82) is 0 Å². The highest BCUT2D eigenvalue weighted by atomic mass is 35.5. The Hall–Kier alpha value is -2.09. The topological polar surface area (TPSA) is 60.9 Å². The van der Waals surface area contributed by atoms with Gasteiger partial charge in [0.05, 0.1) is 4.90 Å². The summed E-state index contributed by atoms with van der Waals surface area (Å²) in [4.78, 5) is 17.3. The molecule has 0 spiro atoms. The number of carbonyl (C=O) groups is 1.